The molecule has 3 aliphatic heterocycles. The molecular weight excluding hydrogens is 711 g/mol. The number of carboxylic acid groups (broad SMARTS) is 1. The van der Waals surface area contributed by atoms with E-state index in [1.807, 2.05) is 46.0 Å². The average Bonchev–Trinajstić information content (AvgIpc) is 3.58. The lowest BCUT2D eigenvalue weighted by Crippen LogP contribution is -2.44. The number of thiazole rings is 1. The number of pyridine rings is 2. The number of ether oxygens (including phenoxy) is 3. The van der Waals surface area contributed by atoms with Crippen LogP contribution >= 0.6 is 11.3 Å². The largest absolute Gasteiger partial charge is 0.493 e. The fourth-order valence-electron chi connectivity index (χ4n) is 8.18. The molecule has 3 atom stereocenters. The number of hydrogen-bond donors (Lipinski definition) is 1. The van der Waals surface area contributed by atoms with Crippen molar-refractivity contribution < 1.29 is 24.1 Å². The Morgan fingerprint density at radius 1 is 0.982 bits per heavy atom. The van der Waals surface area contributed by atoms with Gasteiger partial charge >= 0.3 is 5.97 Å². The van der Waals surface area contributed by atoms with Crippen LogP contribution in [0.15, 0.2) is 54.7 Å². The summed E-state index contributed by atoms with van der Waals surface area (Å²) in [4.78, 5) is 32.9. The van der Waals surface area contributed by atoms with E-state index >= 15 is 0 Å². The summed E-state index contributed by atoms with van der Waals surface area (Å²) in [6.07, 6.45) is 5.54. The molecule has 1 saturated heterocycles. The van der Waals surface area contributed by atoms with Crippen molar-refractivity contribution in [3.05, 3.63) is 71.4 Å². The van der Waals surface area contributed by atoms with Gasteiger partial charge in [-0.1, -0.05) is 12.5 Å². The number of anilines is 1. The number of aliphatic carboxylic acids is 1. The number of fused-ring (bicyclic) bond motifs is 8. The summed E-state index contributed by atoms with van der Waals surface area (Å²) in [5, 5.41) is 11.5. The van der Waals surface area contributed by atoms with Crippen LogP contribution in [0.2, 0.25) is 0 Å². The Kier molecular flexibility index (Phi) is 10.3. The average molecular weight is 762 g/mol. The molecular formula is C44H51N5O5S. The Labute approximate surface area is 327 Å². The highest BCUT2D eigenvalue weighted by Crippen LogP contribution is 2.47. The van der Waals surface area contributed by atoms with Crippen LogP contribution in [0.25, 0.3) is 43.2 Å². The van der Waals surface area contributed by atoms with E-state index < -0.39 is 17.7 Å². The molecule has 2 aromatic carbocycles. The lowest BCUT2D eigenvalue weighted by atomic mass is 9.85. The molecule has 8 rings (SSSR count). The fourth-order valence-corrected chi connectivity index (χ4v) is 9.30. The highest BCUT2D eigenvalue weighted by molar-refractivity contribution is 7.22. The second-order valence-corrected chi connectivity index (χ2v) is 17.3. The van der Waals surface area contributed by atoms with Gasteiger partial charge in [0.15, 0.2) is 6.10 Å². The van der Waals surface area contributed by atoms with Crippen LogP contribution in [0, 0.1) is 6.92 Å². The lowest BCUT2D eigenvalue weighted by Gasteiger charge is -2.33. The van der Waals surface area contributed by atoms with Crippen molar-refractivity contribution in [3.63, 3.8) is 0 Å². The van der Waals surface area contributed by atoms with Gasteiger partial charge in [0.1, 0.15) is 16.6 Å². The third-order valence-corrected chi connectivity index (χ3v) is 12.2. The van der Waals surface area contributed by atoms with Gasteiger partial charge in [0.25, 0.3) is 0 Å². The second-order valence-electron chi connectivity index (χ2n) is 16.3. The zero-order valence-electron chi connectivity index (χ0n) is 32.7. The van der Waals surface area contributed by atoms with Crippen molar-refractivity contribution >= 4 is 33.3 Å². The lowest BCUT2D eigenvalue weighted by molar-refractivity contribution is -0.160. The minimum absolute atomic E-state index is 0.0339. The standard InChI is InChI=1S/C44H51N5O5S/c1-26-23-34-40-38(37(26)39(43(50)51)54-44(3,4)5)29-11-13-35-32(24-29)28(16-22-52-35)10-8-7-9-27(2)53-41-31(33-25-30(15-17-45-33)42(46-34)55-40)12-14-36(47-41)49-20-18-48(6)19-21-49/h11-15,17,23-25,27-28,39H,7-10,16,18-22H2,1-6H3,(H,50,51)/t27-,28?,39-/m0/s1. The van der Waals surface area contributed by atoms with Crippen LogP contribution in [-0.4, -0.2) is 82.5 Å². The molecule has 55 heavy (non-hydrogen) atoms. The molecule has 1 unspecified atom stereocenters. The Hall–Kier alpha value is -4.58. The van der Waals surface area contributed by atoms with Crippen LogP contribution in [0.5, 0.6) is 11.6 Å². The monoisotopic (exact) mass is 761 g/mol. The summed E-state index contributed by atoms with van der Waals surface area (Å²) < 4.78 is 20.2. The first-order valence-electron chi connectivity index (χ1n) is 19.6. The number of aromatic nitrogens is 3. The van der Waals surface area contributed by atoms with E-state index in [2.05, 4.69) is 60.2 Å². The molecule has 3 aromatic heterocycles. The Balaban J connectivity index is 1.31. The molecule has 3 aliphatic rings. The van der Waals surface area contributed by atoms with E-state index in [1.165, 1.54) is 5.56 Å². The van der Waals surface area contributed by atoms with E-state index in [-0.39, 0.29) is 6.10 Å². The number of rotatable bonds is 4. The van der Waals surface area contributed by atoms with E-state index in [1.54, 1.807) is 11.3 Å². The summed E-state index contributed by atoms with van der Waals surface area (Å²) >= 11 is 1.56. The number of piperazine rings is 1. The van der Waals surface area contributed by atoms with Gasteiger partial charge in [-0.15, -0.1) is 11.3 Å². The molecule has 6 bridgehead atoms. The number of aryl methyl sites for hydroxylation is 1. The molecule has 1 fully saturated rings. The Bertz CT molecular complexity index is 2220. The maximum atomic E-state index is 13.1. The molecule has 6 heterocycles. The first-order chi connectivity index (χ1) is 26.4. The molecule has 1 N–H and O–H groups in total. The van der Waals surface area contributed by atoms with Crippen molar-refractivity contribution in [3.8, 4) is 44.6 Å². The van der Waals surface area contributed by atoms with E-state index in [0.717, 1.165) is 119 Å². The maximum Gasteiger partial charge on any atom is 0.337 e. The molecule has 10 nitrogen and oxygen atoms in total. The van der Waals surface area contributed by atoms with Gasteiger partial charge in [-0.25, -0.2) is 9.78 Å². The fraction of sp³-hybridized carbons (Fsp3) is 0.455. The van der Waals surface area contributed by atoms with Gasteiger partial charge in [0.05, 0.1) is 39.8 Å². The summed E-state index contributed by atoms with van der Waals surface area (Å²) in [5.74, 6) is 1.73. The van der Waals surface area contributed by atoms with E-state index in [4.69, 9.17) is 29.2 Å². The Morgan fingerprint density at radius 2 is 1.78 bits per heavy atom. The summed E-state index contributed by atoms with van der Waals surface area (Å²) in [7, 11) is 2.16. The minimum Gasteiger partial charge on any atom is -0.493 e. The third-order valence-electron chi connectivity index (χ3n) is 11.0. The number of hydrogen-bond acceptors (Lipinski definition) is 10. The SMILES string of the molecule is Cc1cc2nc3sc2c(c1[C@H](OC(C)(C)C)C(=O)O)-c1ccc2c(c1)C(CCCC[C@H](C)Oc1nc(N4CCN(C)CC4)ccc1-c1cc-3ccn1)CCO2. The summed E-state index contributed by atoms with van der Waals surface area (Å²) in [6, 6.07) is 16.6. The predicted octanol–water partition coefficient (Wildman–Crippen LogP) is 9.30. The highest BCUT2D eigenvalue weighted by atomic mass is 32.1. The number of likely N-dealkylation sites (N-methyl/N-ethyl adjacent to an activating group) is 1. The quantitative estimate of drug-likeness (QED) is 0.190. The van der Waals surface area contributed by atoms with Crippen LogP contribution < -0.4 is 14.4 Å². The van der Waals surface area contributed by atoms with Crippen LogP contribution in [0.4, 0.5) is 5.82 Å². The number of nitrogens with zero attached hydrogens (tertiary/aromatic N) is 5. The maximum absolute atomic E-state index is 13.1. The zero-order chi connectivity index (χ0) is 38.4. The van der Waals surface area contributed by atoms with Crippen LogP contribution in [0.1, 0.15) is 88.5 Å². The molecule has 0 amide bonds. The van der Waals surface area contributed by atoms with Crippen molar-refractivity contribution in [2.24, 2.45) is 0 Å². The van der Waals surface area contributed by atoms with Gasteiger partial charge < -0.3 is 29.1 Å². The van der Waals surface area contributed by atoms with Crippen molar-refractivity contribution in [2.45, 2.75) is 90.4 Å². The smallest absolute Gasteiger partial charge is 0.337 e. The topological polar surface area (TPSA) is 110 Å². The predicted molar refractivity (Wildman–Crippen MR) is 219 cm³/mol. The summed E-state index contributed by atoms with van der Waals surface area (Å²) in [6.45, 7) is 14.3. The van der Waals surface area contributed by atoms with Crippen LogP contribution in [-0.2, 0) is 9.53 Å². The molecule has 5 aromatic rings. The number of benzene rings is 2. The molecule has 288 valence electrons. The Morgan fingerprint density at radius 3 is 2.56 bits per heavy atom. The molecule has 0 saturated carbocycles. The highest BCUT2D eigenvalue weighted by Gasteiger charge is 2.33. The van der Waals surface area contributed by atoms with Crippen molar-refractivity contribution in [1.29, 1.82) is 0 Å². The first-order valence-corrected chi connectivity index (χ1v) is 20.4. The van der Waals surface area contributed by atoms with E-state index in [9.17, 15) is 9.90 Å². The summed E-state index contributed by atoms with van der Waals surface area (Å²) in [5.41, 5.74) is 7.09. The normalized spacial score (nSPS) is 19.8. The van der Waals surface area contributed by atoms with Gasteiger partial charge in [0.2, 0.25) is 5.88 Å². The van der Waals surface area contributed by atoms with Gasteiger partial charge in [-0.2, -0.15) is 4.98 Å². The van der Waals surface area contributed by atoms with Crippen LogP contribution in [0.3, 0.4) is 0 Å². The zero-order valence-corrected chi connectivity index (χ0v) is 33.5. The van der Waals surface area contributed by atoms with Gasteiger partial charge in [0, 0.05) is 49.1 Å². The minimum atomic E-state index is -1.18. The third kappa shape index (κ3) is 7.79. The first kappa shape index (κ1) is 37.3. The molecule has 0 aliphatic carbocycles. The van der Waals surface area contributed by atoms with Gasteiger partial charge in [-0.05, 0) is 132 Å². The molecule has 0 radical (unpaired) electrons. The second kappa shape index (κ2) is 15.2. The molecule has 0 spiro atoms. The number of carboxylic acids is 1. The van der Waals surface area contributed by atoms with Gasteiger partial charge in [-0.3, -0.25) is 4.98 Å². The van der Waals surface area contributed by atoms with Crippen molar-refractivity contribution in [2.75, 3.05) is 44.7 Å². The van der Waals surface area contributed by atoms with E-state index in [0.29, 0.717) is 24.0 Å². The van der Waals surface area contributed by atoms with Crippen molar-refractivity contribution in [1.82, 2.24) is 19.9 Å². The molecule has 11 heteroatoms. The number of carbonyl (C=O) groups is 1.